The third-order valence-electron chi connectivity index (χ3n) is 4.55. The summed E-state index contributed by atoms with van der Waals surface area (Å²) < 4.78 is 5.63. The topological polar surface area (TPSA) is 114 Å². The molecule has 0 aliphatic rings. The summed E-state index contributed by atoms with van der Waals surface area (Å²) in [5, 5.41) is 18.5. The lowest BCUT2D eigenvalue weighted by Crippen LogP contribution is -2.10. The van der Waals surface area contributed by atoms with E-state index in [1.807, 2.05) is 5.38 Å². The Morgan fingerprint density at radius 2 is 1.64 bits per heavy atom. The number of carbonyl (C=O) groups is 2. The van der Waals surface area contributed by atoms with E-state index in [9.17, 15) is 19.7 Å². The molecule has 0 saturated carbocycles. The average molecular weight is 459 g/mol. The number of rotatable bonds is 7. The standard InChI is InChI=1S/C24H17N3O5S/c28-23(25-16-7-9-17(10-8-16)26-24(29)22-6-3-15-33-22)14-12-18-11-13-21(32-18)19-4-1-2-5-20(19)27(30)31/h1-15H,(H,25,28)(H,26,29)/b14-12+. The zero-order valence-electron chi connectivity index (χ0n) is 17.1. The van der Waals surface area contributed by atoms with Crippen LogP contribution in [0, 0.1) is 10.1 Å². The van der Waals surface area contributed by atoms with Crippen LogP contribution in [0.1, 0.15) is 15.4 Å². The normalized spacial score (nSPS) is 10.8. The molecule has 0 spiro atoms. The Morgan fingerprint density at radius 3 is 2.33 bits per heavy atom. The molecule has 2 aromatic carbocycles. The zero-order valence-corrected chi connectivity index (χ0v) is 17.9. The Hall–Kier alpha value is -4.50. The first-order valence-electron chi connectivity index (χ1n) is 9.77. The number of anilines is 2. The molecule has 164 valence electrons. The minimum absolute atomic E-state index is 0.0600. The molecule has 0 fully saturated rings. The maximum absolute atomic E-state index is 12.2. The van der Waals surface area contributed by atoms with Gasteiger partial charge in [0.15, 0.2) is 0 Å². The number of nitrogens with zero attached hydrogens (tertiary/aromatic N) is 1. The molecule has 0 aliphatic heterocycles. The van der Waals surface area contributed by atoms with Gasteiger partial charge in [0.2, 0.25) is 5.91 Å². The van der Waals surface area contributed by atoms with Crippen molar-refractivity contribution in [3.05, 3.63) is 105 Å². The molecule has 8 nitrogen and oxygen atoms in total. The first kappa shape index (κ1) is 21.7. The van der Waals surface area contributed by atoms with Crippen LogP contribution in [0.3, 0.4) is 0 Å². The highest BCUT2D eigenvalue weighted by molar-refractivity contribution is 7.12. The van der Waals surface area contributed by atoms with E-state index in [1.165, 1.54) is 29.6 Å². The molecule has 0 aliphatic carbocycles. The summed E-state index contributed by atoms with van der Waals surface area (Å²) in [6.45, 7) is 0. The molecule has 0 unspecified atom stereocenters. The van der Waals surface area contributed by atoms with Crippen LogP contribution >= 0.6 is 11.3 Å². The van der Waals surface area contributed by atoms with Crippen LogP contribution in [0.5, 0.6) is 0 Å². The number of hydrogen-bond acceptors (Lipinski definition) is 6. The number of thiophene rings is 1. The number of hydrogen-bond donors (Lipinski definition) is 2. The van der Waals surface area contributed by atoms with Gasteiger partial charge < -0.3 is 15.1 Å². The van der Waals surface area contributed by atoms with E-state index in [0.29, 0.717) is 33.3 Å². The van der Waals surface area contributed by atoms with Crippen molar-refractivity contribution >= 4 is 46.3 Å². The van der Waals surface area contributed by atoms with Crippen LogP contribution in [-0.4, -0.2) is 16.7 Å². The highest BCUT2D eigenvalue weighted by Crippen LogP contribution is 2.31. The van der Waals surface area contributed by atoms with Crippen molar-refractivity contribution in [3.8, 4) is 11.3 Å². The molecule has 2 amide bonds. The number of furan rings is 1. The lowest BCUT2D eigenvalue weighted by Gasteiger charge is -2.06. The summed E-state index contributed by atoms with van der Waals surface area (Å²) in [5.74, 6) is 0.143. The number of nitro benzene ring substituents is 1. The minimum Gasteiger partial charge on any atom is -0.456 e. The first-order chi connectivity index (χ1) is 16.0. The molecule has 9 heteroatoms. The fourth-order valence-corrected chi connectivity index (χ4v) is 3.63. The monoisotopic (exact) mass is 459 g/mol. The predicted molar refractivity (Wildman–Crippen MR) is 127 cm³/mol. The molecule has 2 N–H and O–H groups in total. The van der Waals surface area contributed by atoms with Crippen molar-refractivity contribution < 1.29 is 18.9 Å². The molecule has 0 atom stereocenters. The van der Waals surface area contributed by atoms with Crippen molar-refractivity contribution in [2.45, 2.75) is 0 Å². The molecule has 2 aromatic heterocycles. The second kappa shape index (κ2) is 9.75. The highest BCUT2D eigenvalue weighted by atomic mass is 32.1. The van der Waals surface area contributed by atoms with Crippen molar-refractivity contribution in [3.63, 3.8) is 0 Å². The third kappa shape index (κ3) is 5.41. The van der Waals surface area contributed by atoms with Crippen LogP contribution in [0.25, 0.3) is 17.4 Å². The van der Waals surface area contributed by atoms with E-state index < -0.39 is 4.92 Å². The van der Waals surface area contributed by atoms with Gasteiger partial charge in [0, 0.05) is 23.5 Å². The summed E-state index contributed by atoms with van der Waals surface area (Å²) in [6, 6.07) is 19.8. The highest BCUT2D eigenvalue weighted by Gasteiger charge is 2.16. The second-order valence-corrected chi connectivity index (χ2v) is 7.76. The van der Waals surface area contributed by atoms with Crippen LogP contribution in [0.4, 0.5) is 17.1 Å². The predicted octanol–water partition coefficient (Wildman–Crippen LogP) is 5.82. The molecule has 4 rings (SSSR count). The Labute approximate surface area is 192 Å². The first-order valence-corrected chi connectivity index (χ1v) is 10.7. The Morgan fingerprint density at radius 1 is 0.909 bits per heavy atom. The van der Waals surface area contributed by atoms with Gasteiger partial charge >= 0.3 is 0 Å². The summed E-state index contributed by atoms with van der Waals surface area (Å²) in [7, 11) is 0. The van der Waals surface area contributed by atoms with Gasteiger partial charge in [0.05, 0.1) is 15.4 Å². The van der Waals surface area contributed by atoms with Gasteiger partial charge in [-0.1, -0.05) is 18.2 Å². The smallest absolute Gasteiger partial charge is 0.280 e. The van der Waals surface area contributed by atoms with E-state index in [0.717, 1.165) is 0 Å². The van der Waals surface area contributed by atoms with Gasteiger partial charge in [-0.25, -0.2) is 0 Å². The quantitative estimate of drug-likeness (QED) is 0.205. The Balaban J connectivity index is 1.36. The second-order valence-electron chi connectivity index (χ2n) is 6.81. The average Bonchev–Trinajstić information content (AvgIpc) is 3.51. The molecule has 2 heterocycles. The summed E-state index contributed by atoms with van der Waals surface area (Å²) in [6.07, 6.45) is 2.78. The third-order valence-corrected chi connectivity index (χ3v) is 5.42. The van der Waals surface area contributed by atoms with Crippen molar-refractivity contribution in [2.24, 2.45) is 0 Å². The molecule has 4 aromatic rings. The molecule has 0 saturated heterocycles. The fourth-order valence-electron chi connectivity index (χ4n) is 3.01. The van der Waals surface area contributed by atoms with Crippen LogP contribution in [0.2, 0.25) is 0 Å². The SMILES string of the molecule is O=C(/C=C/c1ccc(-c2ccccc2[N+](=O)[O-])o1)Nc1ccc(NC(=O)c2cccs2)cc1. The van der Waals surface area contributed by atoms with Gasteiger partial charge in [0.1, 0.15) is 11.5 Å². The van der Waals surface area contributed by atoms with Crippen LogP contribution in [-0.2, 0) is 4.79 Å². The maximum atomic E-state index is 12.2. The van der Waals surface area contributed by atoms with Crippen molar-refractivity contribution in [2.75, 3.05) is 10.6 Å². The number of nitro groups is 1. The number of nitrogens with one attached hydrogen (secondary N) is 2. The van der Waals surface area contributed by atoms with E-state index in [-0.39, 0.29) is 17.5 Å². The summed E-state index contributed by atoms with van der Waals surface area (Å²) >= 11 is 1.35. The molecule has 0 radical (unpaired) electrons. The Kier molecular flexibility index (Phi) is 6.42. The Bertz CT molecular complexity index is 1320. The number of carbonyl (C=O) groups excluding carboxylic acids is 2. The van der Waals surface area contributed by atoms with Crippen molar-refractivity contribution in [1.82, 2.24) is 0 Å². The van der Waals surface area contributed by atoms with E-state index >= 15 is 0 Å². The molecular formula is C24H17N3O5S. The molecule has 0 bridgehead atoms. The van der Waals surface area contributed by atoms with Gasteiger partial charge in [-0.15, -0.1) is 11.3 Å². The lowest BCUT2D eigenvalue weighted by molar-refractivity contribution is -0.384. The fraction of sp³-hybridized carbons (Fsp3) is 0. The van der Waals surface area contributed by atoms with Gasteiger partial charge in [-0.05, 0) is 60.0 Å². The van der Waals surface area contributed by atoms with Gasteiger partial charge in [-0.3, -0.25) is 19.7 Å². The van der Waals surface area contributed by atoms with Gasteiger partial charge in [0.25, 0.3) is 11.6 Å². The van der Waals surface area contributed by atoms with Crippen LogP contribution < -0.4 is 10.6 Å². The van der Waals surface area contributed by atoms with Crippen molar-refractivity contribution in [1.29, 1.82) is 0 Å². The number of para-hydroxylation sites is 1. The summed E-state index contributed by atoms with van der Waals surface area (Å²) in [5.41, 5.74) is 1.46. The minimum atomic E-state index is -0.473. The molecule has 33 heavy (non-hydrogen) atoms. The lowest BCUT2D eigenvalue weighted by atomic mass is 10.1. The van der Waals surface area contributed by atoms with Crippen LogP contribution in [0.15, 0.2) is 88.7 Å². The number of amides is 2. The maximum Gasteiger partial charge on any atom is 0.280 e. The number of benzene rings is 2. The van der Waals surface area contributed by atoms with Gasteiger partial charge in [-0.2, -0.15) is 0 Å². The summed E-state index contributed by atoms with van der Waals surface area (Å²) in [4.78, 5) is 35.6. The van der Waals surface area contributed by atoms with E-state index in [4.69, 9.17) is 4.42 Å². The zero-order chi connectivity index (χ0) is 23.2. The van der Waals surface area contributed by atoms with E-state index in [1.54, 1.807) is 66.7 Å². The van der Waals surface area contributed by atoms with E-state index in [2.05, 4.69) is 10.6 Å². The molecular weight excluding hydrogens is 442 g/mol. The largest absolute Gasteiger partial charge is 0.456 e.